The normalized spacial score (nSPS) is 16.0. The van der Waals surface area contributed by atoms with E-state index in [0.717, 1.165) is 28.2 Å². The molecule has 1 aliphatic rings. The van der Waals surface area contributed by atoms with Crippen molar-refractivity contribution in [3.8, 4) is 11.5 Å². The third kappa shape index (κ3) is 3.97. The van der Waals surface area contributed by atoms with Crippen LogP contribution < -0.4 is 14.8 Å². The van der Waals surface area contributed by atoms with Gasteiger partial charge in [-0.25, -0.2) is 9.79 Å². The Morgan fingerprint density at radius 3 is 2.58 bits per heavy atom. The van der Waals surface area contributed by atoms with E-state index in [-0.39, 0.29) is 17.2 Å². The molecule has 1 aliphatic heterocycles. The first-order chi connectivity index (χ1) is 15.0. The highest BCUT2D eigenvalue weighted by atomic mass is 32.2. The van der Waals surface area contributed by atoms with E-state index in [4.69, 9.17) is 9.47 Å². The van der Waals surface area contributed by atoms with E-state index < -0.39 is 5.97 Å². The monoisotopic (exact) mass is 434 g/mol. The molecule has 31 heavy (non-hydrogen) atoms. The zero-order valence-electron chi connectivity index (χ0n) is 16.7. The van der Waals surface area contributed by atoms with Crippen LogP contribution >= 0.6 is 11.8 Å². The molecule has 0 bridgehead atoms. The third-order valence-electron chi connectivity index (χ3n) is 4.72. The summed E-state index contributed by atoms with van der Waals surface area (Å²) in [5.74, 6) is -1.15. The maximum absolute atomic E-state index is 12.5. The zero-order valence-corrected chi connectivity index (χ0v) is 17.5. The molecule has 1 fully saturated rings. The van der Waals surface area contributed by atoms with E-state index in [9.17, 15) is 14.7 Å². The molecule has 0 aromatic heterocycles. The molecule has 0 spiro atoms. The molecule has 3 aromatic carbocycles. The molecule has 4 rings (SSSR count). The number of aromatic carboxylic acids is 1. The van der Waals surface area contributed by atoms with E-state index in [2.05, 4.69) is 10.3 Å². The van der Waals surface area contributed by atoms with Crippen LogP contribution in [-0.4, -0.2) is 36.4 Å². The van der Waals surface area contributed by atoms with E-state index >= 15 is 0 Å². The standard InChI is InChI=1S/C23H18N2O5S/c1-29-17-11-10-14(19(22(27)28)20(17)30-2)12-18-21(26)25-23(31-18)24-16-9-5-7-13-6-3-4-8-15(13)16/h3-12H,1-2H3,(H,27,28)(H,24,25,26)/b18-12-. The third-order valence-corrected chi connectivity index (χ3v) is 5.63. The number of amidine groups is 1. The Balaban J connectivity index is 1.72. The van der Waals surface area contributed by atoms with Crippen LogP contribution in [0.4, 0.5) is 5.69 Å². The van der Waals surface area contributed by atoms with Crippen molar-refractivity contribution in [1.82, 2.24) is 5.32 Å². The molecule has 0 atom stereocenters. The number of aliphatic imine (C=N–C) groups is 1. The van der Waals surface area contributed by atoms with Crippen molar-refractivity contribution in [2.45, 2.75) is 0 Å². The minimum absolute atomic E-state index is 0.0813. The molecule has 0 radical (unpaired) electrons. The first-order valence-electron chi connectivity index (χ1n) is 9.27. The molecule has 0 aliphatic carbocycles. The lowest BCUT2D eigenvalue weighted by molar-refractivity contribution is -0.115. The van der Waals surface area contributed by atoms with Crippen LogP contribution in [0.25, 0.3) is 16.8 Å². The molecule has 156 valence electrons. The van der Waals surface area contributed by atoms with Crippen molar-refractivity contribution in [2.24, 2.45) is 4.99 Å². The van der Waals surface area contributed by atoms with Gasteiger partial charge in [0.15, 0.2) is 16.7 Å². The fourth-order valence-corrected chi connectivity index (χ4v) is 4.15. The minimum atomic E-state index is -1.18. The number of thioether (sulfide) groups is 1. The van der Waals surface area contributed by atoms with E-state index in [1.54, 1.807) is 12.1 Å². The zero-order chi connectivity index (χ0) is 22.0. The van der Waals surface area contributed by atoms with Gasteiger partial charge in [-0.15, -0.1) is 0 Å². The number of carbonyl (C=O) groups excluding carboxylic acids is 1. The maximum Gasteiger partial charge on any atom is 0.340 e. The van der Waals surface area contributed by atoms with Gasteiger partial charge in [0.2, 0.25) is 0 Å². The first-order valence-corrected chi connectivity index (χ1v) is 10.1. The van der Waals surface area contributed by atoms with Crippen LogP contribution in [0.2, 0.25) is 0 Å². The van der Waals surface area contributed by atoms with E-state index in [1.165, 1.54) is 20.3 Å². The van der Waals surface area contributed by atoms with Crippen LogP contribution in [0, 0.1) is 0 Å². The summed E-state index contributed by atoms with van der Waals surface area (Å²) < 4.78 is 10.4. The second-order valence-corrected chi connectivity index (χ2v) is 7.58. The summed E-state index contributed by atoms with van der Waals surface area (Å²) in [5, 5.41) is 14.9. The van der Waals surface area contributed by atoms with E-state index in [1.807, 2.05) is 42.5 Å². The Hall–Kier alpha value is -3.78. The van der Waals surface area contributed by atoms with Gasteiger partial charge in [0.1, 0.15) is 5.56 Å². The summed E-state index contributed by atoms with van der Waals surface area (Å²) >= 11 is 1.15. The number of carbonyl (C=O) groups is 2. The lowest BCUT2D eigenvalue weighted by atomic mass is 10.0. The number of amides is 1. The number of methoxy groups -OCH3 is 2. The van der Waals surface area contributed by atoms with Crippen molar-refractivity contribution in [2.75, 3.05) is 14.2 Å². The Morgan fingerprint density at radius 2 is 1.84 bits per heavy atom. The smallest absolute Gasteiger partial charge is 0.340 e. The van der Waals surface area contributed by atoms with E-state index in [0.29, 0.717) is 21.4 Å². The van der Waals surface area contributed by atoms with Crippen LogP contribution in [0.3, 0.4) is 0 Å². The number of nitrogens with zero attached hydrogens (tertiary/aromatic N) is 1. The fourth-order valence-electron chi connectivity index (χ4n) is 3.32. The topological polar surface area (TPSA) is 97.2 Å². The van der Waals surface area contributed by atoms with Crippen LogP contribution in [-0.2, 0) is 4.79 Å². The lowest BCUT2D eigenvalue weighted by Crippen LogP contribution is -2.19. The van der Waals surface area contributed by atoms with Crippen LogP contribution in [0.1, 0.15) is 15.9 Å². The number of fused-ring (bicyclic) bond motifs is 1. The van der Waals surface area contributed by atoms with Crippen molar-refractivity contribution in [3.63, 3.8) is 0 Å². The highest BCUT2D eigenvalue weighted by Crippen LogP contribution is 2.36. The predicted octanol–water partition coefficient (Wildman–Crippen LogP) is 4.45. The second kappa shape index (κ2) is 8.53. The van der Waals surface area contributed by atoms with Crippen molar-refractivity contribution >= 4 is 51.3 Å². The molecule has 1 heterocycles. The van der Waals surface area contributed by atoms with Gasteiger partial charge in [-0.2, -0.15) is 0 Å². The minimum Gasteiger partial charge on any atom is -0.493 e. The van der Waals surface area contributed by atoms with Gasteiger partial charge in [0, 0.05) is 5.39 Å². The average Bonchev–Trinajstić information content (AvgIpc) is 3.11. The number of rotatable bonds is 5. The number of hydrogen-bond acceptors (Lipinski definition) is 6. The van der Waals surface area contributed by atoms with Crippen molar-refractivity contribution < 1.29 is 24.2 Å². The Labute approximate surface area is 182 Å². The summed E-state index contributed by atoms with van der Waals surface area (Å²) in [6.45, 7) is 0. The molecule has 7 nitrogen and oxygen atoms in total. The second-order valence-electron chi connectivity index (χ2n) is 6.55. The molecule has 3 aromatic rings. The van der Waals surface area contributed by atoms with Crippen LogP contribution in [0.5, 0.6) is 11.5 Å². The van der Waals surface area contributed by atoms with Gasteiger partial charge in [-0.3, -0.25) is 4.79 Å². The summed E-state index contributed by atoms with van der Waals surface area (Å²) in [4.78, 5) is 29.3. The summed E-state index contributed by atoms with van der Waals surface area (Å²) in [6, 6.07) is 16.8. The highest BCUT2D eigenvalue weighted by Gasteiger charge is 2.26. The molecule has 1 saturated heterocycles. The molecule has 2 N–H and O–H groups in total. The quantitative estimate of drug-likeness (QED) is 0.576. The summed E-state index contributed by atoms with van der Waals surface area (Å²) in [5.41, 5.74) is 0.982. The van der Waals surface area contributed by atoms with Gasteiger partial charge >= 0.3 is 5.97 Å². The Morgan fingerprint density at radius 1 is 1.06 bits per heavy atom. The van der Waals surface area contributed by atoms with Crippen molar-refractivity contribution in [1.29, 1.82) is 0 Å². The molecular weight excluding hydrogens is 416 g/mol. The van der Waals surface area contributed by atoms with Crippen LogP contribution in [0.15, 0.2) is 64.5 Å². The SMILES string of the molecule is COc1ccc(/C=C2\SC(=Nc3cccc4ccccc34)NC2=O)c(C(=O)O)c1OC. The number of carboxylic acid groups (broad SMARTS) is 1. The molecule has 8 heteroatoms. The van der Waals surface area contributed by atoms with Gasteiger partial charge in [0.25, 0.3) is 5.91 Å². The number of hydrogen-bond donors (Lipinski definition) is 2. The fraction of sp³-hybridized carbons (Fsp3) is 0.0870. The molecule has 0 unspecified atom stereocenters. The highest BCUT2D eigenvalue weighted by molar-refractivity contribution is 8.18. The van der Waals surface area contributed by atoms with Gasteiger partial charge < -0.3 is 19.9 Å². The summed E-state index contributed by atoms with van der Waals surface area (Å²) in [7, 11) is 2.80. The number of benzene rings is 3. The maximum atomic E-state index is 12.5. The summed E-state index contributed by atoms with van der Waals surface area (Å²) in [6.07, 6.45) is 1.51. The molecular formula is C23H18N2O5S. The molecule has 0 saturated carbocycles. The van der Waals surface area contributed by atoms with Gasteiger partial charge in [0.05, 0.1) is 24.8 Å². The predicted molar refractivity (Wildman–Crippen MR) is 121 cm³/mol. The Kier molecular flexibility index (Phi) is 5.64. The number of ether oxygens (including phenoxy) is 2. The van der Waals surface area contributed by atoms with Gasteiger partial charge in [-0.1, -0.05) is 42.5 Å². The lowest BCUT2D eigenvalue weighted by Gasteiger charge is -2.12. The first kappa shape index (κ1) is 20.5. The molecule has 1 amide bonds. The largest absolute Gasteiger partial charge is 0.493 e. The van der Waals surface area contributed by atoms with Gasteiger partial charge in [-0.05, 0) is 40.9 Å². The number of carboxylic acids is 1. The average molecular weight is 434 g/mol. The van der Waals surface area contributed by atoms with Crippen molar-refractivity contribution in [3.05, 3.63) is 70.6 Å². The number of nitrogens with one attached hydrogen (secondary N) is 1. The Bertz CT molecular complexity index is 1260.